The van der Waals surface area contributed by atoms with Gasteiger partial charge >= 0.3 is 0 Å². The smallest absolute Gasteiger partial charge is 0.0808 e. The summed E-state index contributed by atoms with van der Waals surface area (Å²) in [6.45, 7) is 5.48. The molecular formula is C18H31NO2. The molecule has 0 aromatic carbocycles. The van der Waals surface area contributed by atoms with Crippen molar-refractivity contribution in [1.82, 2.24) is 4.90 Å². The zero-order valence-corrected chi connectivity index (χ0v) is 13.3. The fourth-order valence-corrected chi connectivity index (χ4v) is 3.83. The lowest BCUT2D eigenvalue weighted by Crippen LogP contribution is -2.40. The van der Waals surface area contributed by atoms with Crippen molar-refractivity contribution in [3.05, 3.63) is 12.2 Å². The molecule has 3 aliphatic rings. The standard InChI is InChI=1S/C18H31NO2/c1-2-6-16(7-3-1)14-19-11-9-17(10-12-19)21-15-18-8-4-5-13-20-18/h1-2,16-18H,3-15H2/t16-,18-/m0/s1. The van der Waals surface area contributed by atoms with Crippen molar-refractivity contribution in [3.63, 3.8) is 0 Å². The summed E-state index contributed by atoms with van der Waals surface area (Å²) in [5, 5.41) is 0. The van der Waals surface area contributed by atoms with Crippen molar-refractivity contribution in [3.8, 4) is 0 Å². The van der Waals surface area contributed by atoms with Gasteiger partial charge in [0, 0.05) is 26.2 Å². The lowest BCUT2D eigenvalue weighted by Gasteiger charge is -2.35. The van der Waals surface area contributed by atoms with Gasteiger partial charge in [-0.25, -0.2) is 0 Å². The summed E-state index contributed by atoms with van der Waals surface area (Å²) >= 11 is 0. The minimum atomic E-state index is 0.366. The van der Waals surface area contributed by atoms with Crippen LogP contribution in [0.15, 0.2) is 12.2 Å². The van der Waals surface area contributed by atoms with Crippen LogP contribution in [0.4, 0.5) is 0 Å². The number of allylic oxidation sites excluding steroid dienone is 2. The highest BCUT2D eigenvalue weighted by atomic mass is 16.5. The van der Waals surface area contributed by atoms with E-state index in [1.807, 2.05) is 0 Å². The SMILES string of the molecule is C1=CC[C@H](CN2CCC(OC[C@@H]3CCCCO3)CC2)CC1. The van der Waals surface area contributed by atoms with Gasteiger partial charge in [0.05, 0.1) is 18.8 Å². The van der Waals surface area contributed by atoms with Crippen LogP contribution in [0.3, 0.4) is 0 Å². The molecule has 0 aromatic heterocycles. The summed E-state index contributed by atoms with van der Waals surface area (Å²) in [4.78, 5) is 2.65. The van der Waals surface area contributed by atoms with Crippen molar-refractivity contribution in [1.29, 1.82) is 0 Å². The maximum absolute atomic E-state index is 6.10. The lowest BCUT2D eigenvalue weighted by atomic mass is 9.93. The Hall–Kier alpha value is -0.380. The highest BCUT2D eigenvalue weighted by Crippen LogP contribution is 2.22. The fourth-order valence-electron chi connectivity index (χ4n) is 3.83. The molecule has 0 amide bonds. The minimum Gasteiger partial charge on any atom is -0.376 e. The van der Waals surface area contributed by atoms with Crippen LogP contribution in [0.5, 0.6) is 0 Å². The van der Waals surface area contributed by atoms with Crippen molar-refractivity contribution in [2.75, 3.05) is 32.8 Å². The van der Waals surface area contributed by atoms with Crippen LogP contribution in [0, 0.1) is 5.92 Å². The van der Waals surface area contributed by atoms with Crippen LogP contribution in [0.1, 0.15) is 51.4 Å². The zero-order chi connectivity index (χ0) is 14.3. The molecule has 3 heteroatoms. The third-order valence-electron chi connectivity index (χ3n) is 5.22. The van der Waals surface area contributed by atoms with Gasteiger partial charge in [-0.2, -0.15) is 0 Å². The summed E-state index contributed by atoms with van der Waals surface area (Å²) in [6.07, 6.45) is 15.6. The Kier molecular flexibility index (Phi) is 6.13. The third kappa shape index (κ3) is 5.08. The first kappa shape index (κ1) is 15.5. The molecule has 0 bridgehead atoms. The topological polar surface area (TPSA) is 21.7 Å². The molecule has 0 unspecified atom stereocenters. The number of nitrogens with zero attached hydrogens (tertiary/aromatic N) is 1. The van der Waals surface area contributed by atoms with E-state index < -0.39 is 0 Å². The van der Waals surface area contributed by atoms with Gasteiger partial charge in [0.1, 0.15) is 0 Å². The minimum absolute atomic E-state index is 0.366. The van der Waals surface area contributed by atoms with E-state index in [4.69, 9.17) is 9.47 Å². The highest BCUT2D eigenvalue weighted by molar-refractivity contribution is 4.91. The second-order valence-corrected chi connectivity index (χ2v) is 6.97. The van der Waals surface area contributed by atoms with Gasteiger partial charge in [-0.1, -0.05) is 12.2 Å². The number of piperidine rings is 1. The lowest BCUT2D eigenvalue weighted by molar-refractivity contribution is -0.0755. The molecule has 0 radical (unpaired) electrons. The van der Waals surface area contributed by atoms with Gasteiger partial charge < -0.3 is 14.4 Å². The summed E-state index contributed by atoms with van der Waals surface area (Å²) in [6, 6.07) is 0. The van der Waals surface area contributed by atoms with Crippen LogP contribution < -0.4 is 0 Å². The largest absolute Gasteiger partial charge is 0.376 e. The van der Waals surface area contributed by atoms with Crippen LogP contribution in [0.25, 0.3) is 0 Å². The second-order valence-electron chi connectivity index (χ2n) is 6.97. The predicted molar refractivity (Wildman–Crippen MR) is 85.5 cm³/mol. The molecule has 2 aliphatic heterocycles. The average Bonchev–Trinajstić information content (AvgIpc) is 2.56. The van der Waals surface area contributed by atoms with E-state index in [-0.39, 0.29) is 0 Å². The Balaban J connectivity index is 1.30. The van der Waals surface area contributed by atoms with Crippen molar-refractivity contribution in [2.45, 2.75) is 63.6 Å². The van der Waals surface area contributed by atoms with Gasteiger partial charge in [0.15, 0.2) is 0 Å². The first-order valence-electron chi connectivity index (χ1n) is 9.01. The molecule has 3 rings (SSSR count). The fraction of sp³-hybridized carbons (Fsp3) is 0.889. The van der Waals surface area contributed by atoms with E-state index in [1.165, 1.54) is 71.0 Å². The van der Waals surface area contributed by atoms with Crippen LogP contribution in [0.2, 0.25) is 0 Å². The predicted octanol–water partition coefficient (Wildman–Crippen LogP) is 3.39. The molecule has 1 aliphatic carbocycles. The van der Waals surface area contributed by atoms with Gasteiger partial charge in [-0.3, -0.25) is 0 Å². The van der Waals surface area contributed by atoms with E-state index in [0.29, 0.717) is 12.2 Å². The quantitative estimate of drug-likeness (QED) is 0.725. The van der Waals surface area contributed by atoms with Crippen molar-refractivity contribution >= 4 is 0 Å². The maximum atomic E-state index is 6.10. The van der Waals surface area contributed by atoms with E-state index in [9.17, 15) is 0 Å². The Labute approximate surface area is 129 Å². The van der Waals surface area contributed by atoms with Gasteiger partial charge in [0.2, 0.25) is 0 Å². The molecule has 0 aromatic rings. The maximum Gasteiger partial charge on any atom is 0.0808 e. The summed E-state index contributed by atoms with van der Waals surface area (Å²) in [5.41, 5.74) is 0. The highest BCUT2D eigenvalue weighted by Gasteiger charge is 2.23. The average molecular weight is 293 g/mol. The summed E-state index contributed by atoms with van der Waals surface area (Å²) in [5.74, 6) is 0.892. The van der Waals surface area contributed by atoms with Crippen LogP contribution in [-0.4, -0.2) is 50.0 Å². The molecule has 3 nitrogen and oxygen atoms in total. The molecule has 0 spiro atoms. The van der Waals surface area contributed by atoms with E-state index >= 15 is 0 Å². The van der Waals surface area contributed by atoms with Crippen LogP contribution in [-0.2, 0) is 9.47 Å². The zero-order valence-electron chi connectivity index (χ0n) is 13.3. The van der Waals surface area contributed by atoms with E-state index in [1.54, 1.807) is 0 Å². The first-order valence-corrected chi connectivity index (χ1v) is 9.01. The molecule has 0 saturated carbocycles. The molecular weight excluding hydrogens is 262 g/mol. The number of hydrogen-bond donors (Lipinski definition) is 0. The molecule has 0 N–H and O–H groups in total. The summed E-state index contributed by atoms with van der Waals surface area (Å²) in [7, 11) is 0. The van der Waals surface area contributed by atoms with Gasteiger partial charge in [-0.15, -0.1) is 0 Å². The molecule has 2 atom stereocenters. The number of likely N-dealkylation sites (tertiary alicyclic amines) is 1. The summed E-state index contributed by atoms with van der Waals surface area (Å²) < 4.78 is 11.8. The Morgan fingerprint density at radius 2 is 1.95 bits per heavy atom. The Bertz CT molecular complexity index is 317. The monoisotopic (exact) mass is 293 g/mol. The molecule has 120 valence electrons. The number of rotatable bonds is 5. The van der Waals surface area contributed by atoms with E-state index in [2.05, 4.69) is 17.1 Å². The second kappa shape index (κ2) is 8.30. The first-order chi connectivity index (χ1) is 10.4. The Morgan fingerprint density at radius 1 is 1.05 bits per heavy atom. The molecule has 2 saturated heterocycles. The van der Waals surface area contributed by atoms with Crippen molar-refractivity contribution in [2.24, 2.45) is 5.92 Å². The van der Waals surface area contributed by atoms with Gasteiger partial charge in [-0.05, 0) is 57.3 Å². The number of ether oxygens (including phenoxy) is 2. The molecule has 2 fully saturated rings. The van der Waals surface area contributed by atoms with Crippen molar-refractivity contribution < 1.29 is 9.47 Å². The Morgan fingerprint density at radius 3 is 2.67 bits per heavy atom. The number of hydrogen-bond acceptors (Lipinski definition) is 3. The third-order valence-corrected chi connectivity index (χ3v) is 5.22. The normalized spacial score (nSPS) is 32.4. The molecule has 21 heavy (non-hydrogen) atoms. The molecule has 2 heterocycles. The van der Waals surface area contributed by atoms with E-state index in [0.717, 1.165) is 19.1 Å². The van der Waals surface area contributed by atoms with Gasteiger partial charge in [0.25, 0.3) is 0 Å². The van der Waals surface area contributed by atoms with Crippen LogP contribution >= 0.6 is 0 Å².